The number of nitrogens with one attached hydrogen (secondary N) is 3. The number of carbonyl (C=O) groups excluding carboxylic acids is 1. The highest BCUT2D eigenvalue weighted by Gasteiger charge is 2.18. The summed E-state index contributed by atoms with van der Waals surface area (Å²) in [6.07, 6.45) is 1.19. The second kappa shape index (κ2) is 11.0. The van der Waals surface area contributed by atoms with Crippen LogP contribution in [0.2, 0.25) is 10.0 Å². The molecule has 0 saturated carbocycles. The molecule has 2 aromatic rings. The highest BCUT2D eigenvalue weighted by Crippen LogP contribution is 2.27. The molecule has 0 aliphatic rings. The second-order valence-corrected chi connectivity index (χ2v) is 8.26. The molecule has 10 nitrogen and oxygen atoms in total. The number of aromatic nitrogens is 2. The van der Waals surface area contributed by atoms with Crippen molar-refractivity contribution in [2.75, 3.05) is 23.7 Å². The van der Waals surface area contributed by atoms with E-state index in [1.165, 1.54) is 0 Å². The Bertz CT molecular complexity index is 916. The van der Waals surface area contributed by atoms with Crippen molar-refractivity contribution in [3.05, 3.63) is 50.1 Å². The molecular weight excluding hydrogens is 447 g/mol. The number of ether oxygens (including phenoxy) is 1. The van der Waals surface area contributed by atoms with Gasteiger partial charge in [-0.15, -0.1) is 0 Å². The maximum atomic E-state index is 11.6. The van der Waals surface area contributed by atoms with Crippen LogP contribution in [0.3, 0.4) is 0 Å². The number of hydrogen-bond acceptors (Lipinski definition) is 8. The molecule has 0 spiro atoms. The zero-order valence-corrected chi connectivity index (χ0v) is 18.9. The monoisotopic (exact) mass is 470 g/mol. The van der Waals surface area contributed by atoms with E-state index in [0.29, 0.717) is 35.1 Å². The second-order valence-electron chi connectivity index (χ2n) is 7.45. The number of alkyl carbamates (subject to hydrolysis) is 1. The van der Waals surface area contributed by atoms with E-state index in [9.17, 15) is 14.9 Å². The summed E-state index contributed by atoms with van der Waals surface area (Å²) in [6, 6.07) is 5.06. The Morgan fingerprint density at radius 2 is 1.87 bits per heavy atom. The number of nitrogens with zero attached hydrogens (tertiary/aromatic N) is 3. The molecule has 168 valence electrons. The fourth-order valence-electron chi connectivity index (χ4n) is 2.39. The minimum absolute atomic E-state index is 0.0327. The summed E-state index contributed by atoms with van der Waals surface area (Å²) in [5, 5.41) is 20.7. The summed E-state index contributed by atoms with van der Waals surface area (Å²) < 4.78 is 5.15. The van der Waals surface area contributed by atoms with Crippen LogP contribution < -0.4 is 16.0 Å². The van der Waals surface area contributed by atoms with Gasteiger partial charge in [-0.1, -0.05) is 29.3 Å². The van der Waals surface area contributed by atoms with E-state index in [1.54, 1.807) is 39.0 Å². The summed E-state index contributed by atoms with van der Waals surface area (Å²) in [7, 11) is 0. The first-order valence-corrected chi connectivity index (χ1v) is 10.2. The maximum Gasteiger partial charge on any atom is 0.407 e. The highest BCUT2D eigenvalue weighted by molar-refractivity contribution is 6.36. The van der Waals surface area contributed by atoms with E-state index in [0.717, 1.165) is 6.20 Å². The number of amides is 1. The third kappa shape index (κ3) is 8.06. The van der Waals surface area contributed by atoms with Crippen molar-refractivity contribution in [1.29, 1.82) is 0 Å². The lowest BCUT2D eigenvalue weighted by atomic mass is 10.2. The van der Waals surface area contributed by atoms with E-state index in [1.807, 2.05) is 0 Å². The van der Waals surface area contributed by atoms with Crippen LogP contribution in [0.5, 0.6) is 0 Å². The fraction of sp³-hybridized carbons (Fsp3) is 0.421. The minimum Gasteiger partial charge on any atom is -0.444 e. The van der Waals surface area contributed by atoms with Crippen LogP contribution in [0.15, 0.2) is 24.4 Å². The van der Waals surface area contributed by atoms with E-state index in [-0.39, 0.29) is 24.0 Å². The Balaban J connectivity index is 1.94. The molecule has 0 bridgehead atoms. The first kappa shape index (κ1) is 24.4. The van der Waals surface area contributed by atoms with Gasteiger partial charge in [0.2, 0.25) is 11.8 Å². The number of halogens is 2. The van der Waals surface area contributed by atoms with Crippen LogP contribution in [-0.2, 0) is 11.3 Å². The van der Waals surface area contributed by atoms with Crippen molar-refractivity contribution < 1.29 is 14.5 Å². The van der Waals surface area contributed by atoms with Crippen molar-refractivity contribution in [2.24, 2.45) is 0 Å². The molecule has 3 N–H and O–H groups in total. The standard InChI is InChI=1S/C19H24Cl2N6O4/c1-19(2,3)31-18(28)23-9-5-8-22-17-25-11-15(27(29)30)16(26-17)24-10-12-13(20)6-4-7-14(12)21/h4,6-7,11H,5,8-10H2,1-3H3,(H,23,28)(H2,22,24,25,26). The van der Waals surface area contributed by atoms with Gasteiger partial charge in [0.15, 0.2) is 0 Å². The average Bonchev–Trinajstić information content (AvgIpc) is 2.66. The summed E-state index contributed by atoms with van der Waals surface area (Å²) >= 11 is 12.3. The molecule has 12 heteroatoms. The minimum atomic E-state index is -0.578. The number of anilines is 2. The number of rotatable bonds is 9. The number of carbonyl (C=O) groups is 1. The molecule has 0 unspecified atom stereocenters. The average molecular weight is 471 g/mol. The first-order valence-electron chi connectivity index (χ1n) is 9.46. The van der Waals surface area contributed by atoms with Crippen LogP contribution in [0, 0.1) is 10.1 Å². The fourth-order valence-corrected chi connectivity index (χ4v) is 2.92. The molecule has 31 heavy (non-hydrogen) atoms. The van der Waals surface area contributed by atoms with E-state index in [2.05, 4.69) is 25.9 Å². The lowest BCUT2D eigenvalue weighted by molar-refractivity contribution is -0.384. The van der Waals surface area contributed by atoms with Crippen LogP contribution >= 0.6 is 23.2 Å². The number of benzene rings is 1. The maximum absolute atomic E-state index is 11.6. The van der Waals surface area contributed by atoms with Gasteiger partial charge in [-0.25, -0.2) is 9.78 Å². The van der Waals surface area contributed by atoms with E-state index in [4.69, 9.17) is 27.9 Å². The molecule has 0 aliphatic carbocycles. The summed E-state index contributed by atoms with van der Waals surface area (Å²) in [6.45, 7) is 6.31. The van der Waals surface area contributed by atoms with Gasteiger partial charge in [-0.05, 0) is 39.3 Å². The van der Waals surface area contributed by atoms with Crippen molar-refractivity contribution >= 4 is 46.7 Å². The zero-order chi connectivity index (χ0) is 23.0. The van der Waals surface area contributed by atoms with Crippen molar-refractivity contribution in [2.45, 2.75) is 39.3 Å². The molecule has 0 fully saturated rings. The Kier molecular flexibility index (Phi) is 8.64. The molecule has 0 radical (unpaired) electrons. The van der Waals surface area contributed by atoms with Gasteiger partial charge in [0.25, 0.3) is 0 Å². The van der Waals surface area contributed by atoms with Crippen molar-refractivity contribution in [3.63, 3.8) is 0 Å². The highest BCUT2D eigenvalue weighted by atomic mass is 35.5. The molecule has 1 aromatic heterocycles. The molecule has 1 amide bonds. The van der Waals surface area contributed by atoms with Gasteiger partial charge in [-0.3, -0.25) is 10.1 Å². The zero-order valence-electron chi connectivity index (χ0n) is 17.4. The number of nitro groups is 1. The molecule has 0 aliphatic heterocycles. The molecule has 0 atom stereocenters. The lowest BCUT2D eigenvalue weighted by Gasteiger charge is -2.19. The van der Waals surface area contributed by atoms with Crippen LogP contribution in [0.4, 0.5) is 22.2 Å². The van der Waals surface area contributed by atoms with Crippen molar-refractivity contribution in [3.8, 4) is 0 Å². The third-order valence-corrected chi connectivity index (χ3v) is 4.47. The largest absolute Gasteiger partial charge is 0.444 e. The van der Waals surface area contributed by atoms with Gasteiger partial charge in [-0.2, -0.15) is 4.98 Å². The Morgan fingerprint density at radius 1 is 1.19 bits per heavy atom. The third-order valence-electron chi connectivity index (χ3n) is 3.77. The van der Waals surface area contributed by atoms with E-state index >= 15 is 0 Å². The van der Waals surface area contributed by atoms with E-state index < -0.39 is 16.6 Å². The quantitative estimate of drug-likeness (QED) is 0.274. The van der Waals surface area contributed by atoms with Crippen LogP contribution in [-0.4, -0.2) is 39.7 Å². The molecule has 1 aromatic carbocycles. The van der Waals surface area contributed by atoms with Crippen molar-refractivity contribution in [1.82, 2.24) is 15.3 Å². The predicted octanol–water partition coefficient (Wildman–Crippen LogP) is 4.63. The molecule has 0 saturated heterocycles. The van der Waals surface area contributed by atoms with Gasteiger partial charge in [0.1, 0.15) is 11.8 Å². The molecular formula is C19H24Cl2N6O4. The summed E-state index contributed by atoms with van der Waals surface area (Å²) in [5.74, 6) is 0.237. The van der Waals surface area contributed by atoms with Crippen LogP contribution in [0.25, 0.3) is 0 Å². The van der Waals surface area contributed by atoms with Gasteiger partial charge >= 0.3 is 11.8 Å². The van der Waals surface area contributed by atoms with Gasteiger partial charge in [0, 0.05) is 35.2 Å². The summed E-state index contributed by atoms with van der Waals surface area (Å²) in [5.41, 5.74) is -0.242. The molecule has 2 rings (SSSR count). The Morgan fingerprint density at radius 3 is 2.48 bits per heavy atom. The molecule has 1 heterocycles. The SMILES string of the molecule is CC(C)(C)OC(=O)NCCCNc1ncc([N+](=O)[O-])c(NCc2c(Cl)cccc2Cl)n1. The predicted molar refractivity (Wildman–Crippen MR) is 120 cm³/mol. The van der Waals surface area contributed by atoms with Gasteiger partial charge in [0.05, 0.1) is 4.92 Å². The Labute approximate surface area is 189 Å². The number of hydrogen-bond donors (Lipinski definition) is 3. The first-order chi connectivity index (χ1) is 14.6. The van der Waals surface area contributed by atoms with Crippen LogP contribution in [0.1, 0.15) is 32.8 Å². The lowest BCUT2D eigenvalue weighted by Crippen LogP contribution is -2.33. The normalized spacial score (nSPS) is 11.0. The van der Waals surface area contributed by atoms with Gasteiger partial charge < -0.3 is 20.7 Å². The Hall–Kier alpha value is -2.85. The summed E-state index contributed by atoms with van der Waals surface area (Å²) in [4.78, 5) is 30.5. The topological polar surface area (TPSA) is 131 Å². The smallest absolute Gasteiger partial charge is 0.407 e.